The maximum atomic E-state index is 10.1. The Bertz CT molecular complexity index is 284. The second-order valence-corrected chi connectivity index (χ2v) is 2.38. The Balaban J connectivity index is 2.32. The molecule has 2 N–H and O–H groups in total. The van der Waals surface area contributed by atoms with Gasteiger partial charge in [0.1, 0.15) is 0 Å². The molecule has 1 rings (SSSR count). The van der Waals surface area contributed by atoms with Crippen molar-refractivity contribution in [2.45, 2.75) is 19.9 Å². The van der Waals surface area contributed by atoms with Crippen molar-refractivity contribution in [1.82, 2.24) is 25.5 Å². The number of carbonyl (C=O) groups is 1. The van der Waals surface area contributed by atoms with Crippen LogP contribution < -0.4 is 5.32 Å². The third-order valence-corrected chi connectivity index (χ3v) is 1.40. The first-order chi connectivity index (χ1) is 6.22. The lowest BCUT2D eigenvalue weighted by Crippen LogP contribution is -2.23. The first kappa shape index (κ1) is 9.43. The lowest BCUT2D eigenvalue weighted by molar-refractivity contribution is 0.194. The fourth-order valence-electron chi connectivity index (χ4n) is 0.792. The molecule has 0 fully saturated rings. The van der Waals surface area contributed by atoms with E-state index in [2.05, 4.69) is 20.7 Å². The Morgan fingerprint density at radius 2 is 2.46 bits per heavy atom. The molecule has 0 unspecified atom stereocenters. The van der Waals surface area contributed by atoms with Crippen LogP contribution in [0.5, 0.6) is 0 Å². The first-order valence-corrected chi connectivity index (χ1v) is 3.96. The molecular weight excluding hydrogens is 174 g/mol. The number of nitrogens with one attached hydrogen (secondary N) is 1. The predicted molar refractivity (Wildman–Crippen MR) is 43.2 cm³/mol. The highest BCUT2D eigenvalue weighted by Gasteiger charge is 2.01. The SMILES string of the molecule is CCn1nnc(CCNC(=O)O)n1. The largest absolute Gasteiger partial charge is 0.465 e. The predicted octanol–water partition coefficient (Wildman–Crippen LogP) is -0.497. The van der Waals surface area contributed by atoms with Gasteiger partial charge in [-0.15, -0.1) is 10.2 Å². The fraction of sp³-hybridized carbons (Fsp3) is 0.667. The monoisotopic (exact) mass is 185 g/mol. The molecule has 7 nitrogen and oxygen atoms in total. The van der Waals surface area contributed by atoms with E-state index in [1.807, 2.05) is 6.92 Å². The van der Waals surface area contributed by atoms with E-state index in [0.29, 0.717) is 25.3 Å². The summed E-state index contributed by atoms with van der Waals surface area (Å²) in [6, 6.07) is 0. The van der Waals surface area contributed by atoms with Gasteiger partial charge in [0.15, 0.2) is 5.82 Å². The Hall–Kier alpha value is -1.66. The molecule has 0 radical (unpaired) electrons. The highest BCUT2D eigenvalue weighted by atomic mass is 16.4. The minimum atomic E-state index is -1.04. The van der Waals surface area contributed by atoms with Gasteiger partial charge >= 0.3 is 6.09 Å². The minimum Gasteiger partial charge on any atom is -0.465 e. The average Bonchev–Trinajstić information content (AvgIpc) is 2.52. The van der Waals surface area contributed by atoms with Gasteiger partial charge in [0.25, 0.3) is 0 Å². The van der Waals surface area contributed by atoms with Gasteiger partial charge < -0.3 is 10.4 Å². The van der Waals surface area contributed by atoms with E-state index in [0.717, 1.165) is 0 Å². The smallest absolute Gasteiger partial charge is 0.404 e. The lowest BCUT2D eigenvalue weighted by Gasteiger charge is -1.95. The second kappa shape index (κ2) is 4.39. The second-order valence-electron chi connectivity index (χ2n) is 2.38. The molecule has 1 amide bonds. The van der Waals surface area contributed by atoms with Crippen molar-refractivity contribution in [1.29, 1.82) is 0 Å². The molecule has 72 valence electrons. The number of tetrazole rings is 1. The number of aromatic nitrogens is 4. The Morgan fingerprint density at radius 1 is 1.69 bits per heavy atom. The summed E-state index contributed by atoms with van der Waals surface area (Å²) in [4.78, 5) is 11.5. The molecule has 7 heteroatoms. The summed E-state index contributed by atoms with van der Waals surface area (Å²) in [5, 5.41) is 21.9. The highest BCUT2D eigenvalue weighted by molar-refractivity contribution is 5.64. The minimum absolute atomic E-state index is 0.310. The summed E-state index contributed by atoms with van der Waals surface area (Å²) in [6.07, 6.45) is -0.574. The van der Waals surface area contributed by atoms with Crippen molar-refractivity contribution >= 4 is 6.09 Å². The summed E-state index contributed by atoms with van der Waals surface area (Å²) in [6.45, 7) is 2.88. The van der Waals surface area contributed by atoms with E-state index in [-0.39, 0.29) is 0 Å². The molecule has 0 saturated carbocycles. The normalized spacial score (nSPS) is 9.92. The van der Waals surface area contributed by atoms with Gasteiger partial charge in [0, 0.05) is 13.0 Å². The van der Waals surface area contributed by atoms with Gasteiger partial charge in [-0.2, -0.15) is 4.80 Å². The number of hydrogen-bond donors (Lipinski definition) is 2. The van der Waals surface area contributed by atoms with E-state index >= 15 is 0 Å². The number of nitrogens with zero attached hydrogens (tertiary/aromatic N) is 4. The summed E-state index contributed by atoms with van der Waals surface area (Å²) < 4.78 is 0. The molecule has 0 atom stereocenters. The quantitative estimate of drug-likeness (QED) is 0.659. The Kier molecular flexibility index (Phi) is 3.18. The molecule has 0 saturated heterocycles. The van der Waals surface area contributed by atoms with Crippen molar-refractivity contribution in [3.63, 3.8) is 0 Å². The Morgan fingerprint density at radius 3 is 3.00 bits per heavy atom. The van der Waals surface area contributed by atoms with E-state index in [1.165, 1.54) is 4.80 Å². The van der Waals surface area contributed by atoms with Crippen molar-refractivity contribution < 1.29 is 9.90 Å². The molecular formula is C6H11N5O2. The summed E-state index contributed by atoms with van der Waals surface area (Å²) in [5.41, 5.74) is 0. The van der Waals surface area contributed by atoms with E-state index in [1.54, 1.807) is 0 Å². The van der Waals surface area contributed by atoms with Crippen molar-refractivity contribution in [2.24, 2.45) is 0 Å². The zero-order valence-corrected chi connectivity index (χ0v) is 7.27. The molecule has 1 aromatic rings. The molecule has 1 aromatic heterocycles. The van der Waals surface area contributed by atoms with Crippen LogP contribution in [0.1, 0.15) is 12.7 Å². The van der Waals surface area contributed by atoms with Gasteiger partial charge in [-0.3, -0.25) is 0 Å². The number of amides is 1. The van der Waals surface area contributed by atoms with Crippen LogP contribution in [0.25, 0.3) is 0 Å². The Labute approximate surface area is 74.7 Å². The van der Waals surface area contributed by atoms with E-state index in [9.17, 15) is 4.79 Å². The molecule has 0 aliphatic heterocycles. The topological polar surface area (TPSA) is 92.9 Å². The third-order valence-electron chi connectivity index (χ3n) is 1.40. The van der Waals surface area contributed by atoms with Crippen molar-refractivity contribution in [3.8, 4) is 0 Å². The average molecular weight is 185 g/mol. The third kappa shape index (κ3) is 3.06. The first-order valence-electron chi connectivity index (χ1n) is 3.96. The number of carboxylic acid groups (broad SMARTS) is 1. The number of aryl methyl sites for hydroxylation is 1. The zero-order chi connectivity index (χ0) is 9.68. The molecule has 0 aliphatic rings. The standard InChI is InChI=1S/C6H11N5O2/c1-2-11-9-5(8-10-11)3-4-7-6(12)13/h7H,2-4H2,1H3,(H,12,13). The van der Waals surface area contributed by atoms with Crippen LogP contribution in [0, 0.1) is 0 Å². The van der Waals surface area contributed by atoms with Gasteiger partial charge in [0.2, 0.25) is 0 Å². The summed E-state index contributed by atoms with van der Waals surface area (Å²) in [5.74, 6) is 0.551. The van der Waals surface area contributed by atoms with Crippen molar-refractivity contribution in [2.75, 3.05) is 6.54 Å². The zero-order valence-electron chi connectivity index (χ0n) is 7.27. The van der Waals surface area contributed by atoms with Gasteiger partial charge in [-0.1, -0.05) is 0 Å². The van der Waals surface area contributed by atoms with Gasteiger partial charge in [-0.25, -0.2) is 4.79 Å². The highest BCUT2D eigenvalue weighted by Crippen LogP contribution is 1.86. The van der Waals surface area contributed by atoms with Crippen LogP contribution in [0.3, 0.4) is 0 Å². The molecule has 1 heterocycles. The van der Waals surface area contributed by atoms with Crippen LogP contribution in [-0.2, 0) is 13.0 Å². The molecule has 0 spiro atoms. The van der Waals surface area contributed by atoms with Crippen LogP contribution in [0.4, 0.5) is 4.79 Å². The van der Waals surface area contributed by atoms with Crippen molar-refractivity contribution in [3.05, 3.63) is 5.82 Å². The molecule has 0 bridgehead atoms. The lowest BCUT2D eigenvalue weighted by atomic mass is 10.4. The number of hydrogen-bond acceptors (Lipinski definition) is 4. The van der Waals surface area contributed by atoms with E-state index in [4.69, 9.17) is 5.11 Å². The maximum Gasteiger partial charge on any atom is 0.404 e. The van der Waals surface area contributed by atoms with E-state index < -0.39 is 6.09 Å². The van der Waals surface area contributed by atoms with Crippen LogP contribution in [-0.4, -0.2) is 38.0 Å². The molecule has 0 aliphatic carbocycles. The fourth-order valence-corrected chi connectivity index (χ4v) is 0.792. The maximum absolute atomic E-state index is 10.1. The number of rotatable bonds is 4. The molecule has 13 heavy (non-hydrogen) atoms. The molecule has 0 aromatic carbocycles. The van der Waals surface area contributed by atoms with Gasteiger partial charge in [-0.05, 0) is 12.1 Å². The van der Waals surface area contributed by atoms with Gasteiger partial charge in [0.05, 0.1) is 6.54 Å². The van der Waals surface area contributed by atoms with Crippen LogP contribution >= 0.6 is 0 Å². The summed E-state index contributed by atoms with van der Waals surface area (Å²) >= 11 is 0. The van der Waals surface area contributed by atoms with Crippen LogP contribution in [0.15, 0.2) is 0 Å². The summed E-state index contributed by atoms with van der Waals surface area (Å²) in [7, 11) is 0. The van der Waals surface area contributed by atoms with Crippen LogP contribution in [0.2, 0.25) is 0 Å².